The van der Waals surface area contributed by atoms with Gasteiger partial charge in [-0.05, 0) is 72.5 Å². The molecule has 31 heavy (non-hydrogen) atoms. The van der Waals surface area contributed by atoms with E-state index in [4.69, 9.17) is 16.7 Å². The van der Waals surface area contributed by atoms with Crippen LogP contribution in [0.25, 0.3) is 11.1 Å². The lowest BCUT2D eigenvalue weighted by molar-refractivity contribution is 0.0945. The van der Waals surface area contributed by atoms with Crippen molar-refractivity contribution in [3.05, 3.63) is 82.4 Å². The van der Waals surface area contributed by atoms with Gasteiger partial charge in [0.05, 0.1) is 11.5 Å². The number of aliphatic hydroxyl groups excluding tert-OH is 1. The van der Waals surface area contributed by atoms with Crippen LogP contribution in [0.1, 0.15) is 21.5 Å². The smallest absolute Gasteiger partial charge is 0.262 e. The van der Waals surface area contributed by atoms with Gasteiger partial charge in [-0.25, -0.2) is 8.42 Å². The number of hydrogen-bond donors (Lipinski definition) is 3. The third-order valence-electron chi connectivity index (χ3n) is 4.74. The van der Waals surface area contributed by atoms with Gasteiger partial charge in [0, 0.05) is 22.8 Å². The SMILES string of the molecule is Cc1cc(S(=O)(=O)Nc2cccc(-c3ccc(C(=O)NCCO)cc3)c2)c(C)cc1Cl. The predicted molar refractivity (Wildman–Crippen MR) is 123 cm³/mol. The van der Waals surface area contributed by atoms with E-state index < -0.39 is 10.0 Å². The fourth-order valence-corrected chi connectivity index (χ4v) is 4.68. The quantitative estimate of drug-likeness (QED) is 0.495. The molecule has 0 aromatic heterocycles. The number of benzene rings is 3. The third kappa shape index (κ3) is 5.44. The number of rotatable bonds is 7. The van der Waals surface area contributed by atoms with E-state index in [1.165, 1.54) is 0 Å². The van der Waals surface area contributed by atoms with Gasteiger partial charge in [0.25, 0.3) is 15.9 Å². The van der Waals surface area contributed by atoms with Gasteiger partial charge in [-0.15, -0.1) is 0 Å². The van der Waals surface area contributed by atoms with Crippen molar-refractivity contribution in [1.82, 2.24) is 5.32 Å². The number of nitrogens with one attached hydrogen (secondary N) is 2. The average Bonchev–Trinajstić information content (AvgIpc) is 2.74. The summed E-state index contributed by atoms with van der Waals surface area (Å²) in [5.74, 6) is -0.268. The van der Waals surface area contributed by atoms with E-state index in [0.717, 1.165) is 11.1 Å². The van der Waals surface area contributed by atoms with Crippen molar-refractivity contribution in [2.24, 2.45) is 0 Å². The van der Waals surface area contributed by atoms with E-state index in [0.29, 0.717) is 27.4 Å². The average molecular weight is 459 g/mol. The number of amides is 1. The van der Waals surface area contributed by atoms with Crippen molar-refractivity contribution in [3.63, 3.8) is 0 Å². The number of aryl methyl sites for hydroxylation is 2. The molecule has 162 valence electrons. The molecule has 0 spiro atoms. The Morgan fingerprint density at radius 2 is 1.68 bits per heavy atom. The molecule has 0 fully saturated rings. The zero-order chi connectivity index (χ0) is 22.6. The minimum Gasteiger partial charge on any atom is -0.395 e. The second kappa shape index (κ2) is 9.51. The van der Waals surface area contributed by atoms with Crippen molar-refractivity contribution in [2.75, 3.05) is 17.9 Å². The molecule has 0 saturated heterocycles. The molecule has 0 radical (unpaired) electrons. The third-order valence-corrected chi connectivity index (χ3v) is 6.67. The molecule has 0 aliphatic heterocycles. The van der Waals surface area contributed by atoms with Crippen LogP contribution in [0.2, 0.25) is 5.02 Å². The summed E-state index contributed by atoms with van der Waals surface area (Å²) < 4.78 is 28.5. The number of anilines is 1. The summed E-state index contributed by atoms with van der Waals surface area (Å²) in [5.41, 5.74) is 3.78. The highest BCUT2D eigenvalue weighted by atomic mass is 35.5. The summed E-state index contributed by atoms with van der Waals surface area (Å²) in [4.78, 5) is 12.1. The molecule has 1 amide bonds. The highest BCUT2D eigenvalue weighted by Crippen LogP contribution is 2.28. The van der Waals surface area contributed by atoms with E-state index in [1.54, 1.807) is 68.4 Å². The van der Waals surface area contributed by atoms with E-state index in [-0.39, 0.29) is 24.0 Å². The number of sulfonamides is 1. The molecule has 6 nitrogen and oxygen atoms in total. The van der Waals surface area contributed by atoms with Crippen LogP contribution in [0.15, 0.2) is 65.6 Å². The van der Waals surface area contributed by atoms with Gasteiger partial charge in [-0.3, -0.25) is 9.52 Å². The van der Waals surface area contributed by atoms with Crippen molar-refractivity contribution in [1.29, 1.82) is 0 Å². The molecule has 3 N–H and O–H groups in total. The van der Waals surface area contributed by atoms with Crippen molar-refractivity contribution >= 4 is 33.2 Å². The Balaban J connectivity index is 1.84. The zero-order valence-corrected chi connectivity index (χ0v) is 18.7. The molecule has 0 atom stereocenters. The van der Waals surface area contributed by atoms with E-state index in [9.17, 15) is 13.2 Å². The fourth-order valence-electron chi connectivity index (χ4n) is 3.10. The zero-order valence-electron chi connectivity index (χ0n) is 17.1. The molecule has 0 bridgehead atoms. The molecular formula is C23H23ClN2O4S. The van der Waals surface area contributed by atoms with Crippen LogP contribution in [-0.4, -0.2) is 32.6 Å². The number of aliphatic hydroxyl groups is 1. The van der Waals surface area contributed by atoms with E-state index in [1.807, 2.05) is 6.07 Å². The number of halogens is 1. The summed E-state index contributed by atoms with van der Waals surface area (Å²) in [5, 5.41) is 11.9. The monoisotopic (exact) mass is 458 g/mol. The van der Waals surface area contributed by atoms with Crippen LogP contribution in [-0.2, 0) is 10.0 Å². The Morgan fingerprint density at radius 1 is 0.968 bits per heavy atom. The van der Waals surface area contributed by atoms with Crippen molar-refractivity contribution < 1.29 is 18.3 Å². The van der Waals surface area contributed by atoms with Crippen LogP contribution >= 0.6 is 11.6 Å². The molecule has 3 aromatic rings. The molecule has 0 unspecified atom stereocenters. The van der Waals surface area contributed by atoms with E-state index >= 15 is 0 Å². The number of carbonyl (C=O) groups is 1. The Hall–Kier alpha value is -2.87. The molecule has 0 saturated carbocycles. The molecule has 0 heterocycles. The van der Waals surface area contributed by atoms with Crippen LogP contribution < -0.4 is 10.0 Å². The van der Waals surface area contributed by atoms with Gasteiger partial charge in [0.15, 0.2) is 0 Å². The summed E-state index contributed by atoms with van der Waals surface area (Å²) in [6.45, 7) is 3.53. The van der Waals surface area contributed by atoms with Gasteiger partial charge >= 0.3 is 0 Å². The summed E-state index contributed by atoms with van der Waals surface area (Å²) in [6.07, 6.45) is 0. The standard InChI is InChI=1S/C23H23ClN2O4S/c1-15-13-22(16(2)12-21(15)24)31(29,30)26-20-5-3-4-19(14-20)17-6-8-18(9-7-17)23(28)25-10-11-27/h3-9,12-14,26-27H,10-11H2,1-2H3,(H,25,28). The van der Waals surface area contributed by atoms with Gasteiger partial charge in [-0.2, -0.15) is 0 Å². The van der Waals surface area contributed by atoms with Gasteiger partial charge in [0.1, 0.15) is 0 Å². The maximum atomic E-state index is 12.9. The highest BCUT2D eigenvalue weighted by molar-refractivity contribution is 7.92. The Kier molecular flexibility index (Phi) is 7.00. The number of hydrogen-bond acceptors (Lipinski definition) is 4. The minimum absolute atomic E-state index is 0.123. The Labute approximate surface area is 186 Å². The lowest BCUT2D eigenvalue weighted by atomic mass is 10.0. The minimum atomic E-state index is -3.79. The molecular weight excluding hydrogens is 436 g/mol. The normalized spacial score (nSPS) is 11.2. The molecule has 3 rings (SSSR count). The second-order valence-electron chi connectivity index (χ2n) is 7.11. The first-order chi connectivity index (χ1) is 14.7. The van der Waals surface area contributed by atoms with Crippen LogP contribution in [0, 0.1) is 13.8 Å². The lowest BCUT2D eigenvalue weighted by Gasteiger charge is -2.13. The van der Waals surface area contributed by atoms with E-state index in [2.05, 4.69) is 10.0 Å². The first-order valence-corrected chi connectivity index (χ1v) is 11.5. The van der Waals surface area contributed by atoms with Crippen molar-refractivity contribution in [3.8, 4) is 11.1 Å². The van der Waals surface area contributed by atoms with Crippen LogP contribution in [0.3, 0.4) is 0 Å². The lowest BCUT2D eigenvalue weighted by Crippen LogP contribution is -2.26. The van der Waals surface area contributed by atoms with Gasteiger partial charge < -0.3 is 10.4 Å². The van der Waals surface area contributed by atoms with Gasteiger partial charge in [-0.1, -0.05) is 35.9 Å². The summed E-state index contributed by atoms with van der Waals surface area (Å²) in [6, 6.07) is 17.2. The van der Waals surface area contributed by atoms with Crippen molar-refractivity contribution in [2.45, 2.75) is 18.7 Å². The maximum absolute atomic E-state index is 12.9. The predicted octanol–water partition coefficient (Wildman–Crippen LogP) is 4.15. The summed E-state index contributed by atoms with van der Waals surface area (Å²) in [7, 11) is -3.79. The first kappa shape index (κ1) is 22.8. The van der Waals surface area contributed by atoms with Crippen LogP contribution in [0.5, 0.6) is 0 Å². The fraction of sp³-hybridized carbons (Fsp3) is 0.174. The van der Waals surface area contributed by atoms with Gasteiger partial charge in [0.2, 0.25) is 0 Å². The molecule has 8 heteroatoms. The molecule has 0 aliphatic rings. The maximum Gasteiger partial charge on any atom is 0.262 e. The topological polar surface area (TPSA) is 95.5 Å². The second-order valence-corrected chi connectivity index (χ2v) is 9.17. The Bertz CT molecular complexity index is 1210. The molecule has 0 aliphatic carbocycles. The summed E-state index contributed by atoms with van der Waals surface area (Å²) >= 11 is 6.09. The number of carbonyl (C=O) groups excluding carboxylic acids is 1. The van der Waals surface area contributed by atoms with Crippen LogP contribution in [0.4, 0.5) is 5.69 Å². The largest absolute Gasteiger partial charge is 0.395 e. The Morgan fingerprint density at radius 3 is 2.35 bits per heavy atom. The first-order valence-electron chi connectivity index (χ1n) is 9.60. The highest BCUT2D eigenvalue weighted by Gasteiger charge is 2.18. The molecule has 3 aromatic carbocycles.